The lowest BCUT2D eigenvalue weighted by molar-refractivity contribution is -0.101. The predicted octanol–water partition coefficient (Wildman–Crippen LogP) is 2.08. The Labute approximate surface area is 133 Å². The van der Waals surface area contributed by atoms with Crippen LogP contribution >= 0.6 is 22.6 Å². The number of ether oxygens (including phenoxy) is 2. The fourth-order valence-electron chi connectivity index (χ4n) is 2.26. The number of hydrogen-bond donors (Lipinski definition) is 0. The van der Waals surface area contributed by atoms with Crippen molar-refractivity contribution in [1.82, 2.24) is 19.5 Å². The molecule has 1 saturated heterocycles. The summed E-state index contributed by atoms with van der Waals surface area (Å²) in [5.41, 5.74) is 1.63. The molecule has 0 radical (unpaired) electrons. The van der Waals surface area contributed by atoms with Crippen LogP contribution in [0.4, 0.5) is 0 Å². The topological polar surface area (TPSA) is 74.7 Å². The highest BCUT2D eigenvalue weighted by atomic mass is 127. The molecule has 21 heavy (non-hydrogen) atoms. The second-order valence-electron chi connectivity index (χ2n) is 4.59. The minimum Gasteiger partial charge on any atom is -0.376 e. The molecule has 108 valence electrons. The van der Waals surface area contributed by atoms with Crippen molar-refractivity contribution in [1.29, 1.82) is 0 Å². The molecule has 0 saturated carbocycles. The molecule has 3 aromatic rings. The number of fused-ring (bicyclic) bond motifs is 1. The Morgan fingerprint density at radius 2 is 2.29 bits per heavy atom. The molecule has 1 atom stereocenters. The summed E-state index contributed by atoms with van der Waals surface area (Å²) in [5.74, 6) is 0.944. The molecule has 0 aromatic carbocycles. The van der Waals surface area contributed by atoms with Crippen LogP contribution in [0.15, 0.2) is 29.0 Å². The zero-order valence-electron chi connectivity index (χ0n) is 10.9. The largest absolute Gasteiger partial charge is 0.376 e. The molecule has 0 spiro atoms. The van der Waals surface area contributed by atoms with E-state index in [9.17, 15) is 0 Å². The maximum Gasteiger partial charge on any atom is 0.258 e. The van der Waals surface area contributed by atoms with Gasteiger partial charge in [0.25, 0.3) is 5.89 Å². The van der Waals surface area contributed by atoms with E-state index in [0.29, 0.717) is 31.5 Å². The Kier molecular flexibility index (Phi) is 3.36. The number of imidazole rings is 1. The standard InChI is InChI=1S/C13H11IN4O3/c14-10-6-15-12-8(2-1-3-18(10)12)11-16-13(21-17-11)9-7-19-4-5-20-9/h1-3,6,9H,4-5,7H2/t9-/m1/s1. The van der Waals surface area contributed by atoms with Crippen molar-refractivity contribution in [2.45, 2.75) is 6.10 Å². The lowest BCUT2D eigenvalue weighted by Gasteiger charge is -2.19. The van der Waals surface area contributed by atoms with Crippen LogP contribution in [-0.2, 0) is 9.47 Å². The Bertz CT molecular complexity index is 779. The maximum atomic E-state index is 5.56. The van der Waals surface area contributed by atoms with Gasteiger partial charge in [0.05, 0.1) is 31.6 Å². The first-order chi connectivity index (χ1) is 10.3. The van der Waals surface area contributed by atoms with Gasteiger partial charge in [-0.1, -0.05) is 5.16 Å². The van der Waals surface area contributed by atoms with Gasteiger partial charge in [-0.25, -0.2) is 4.98 Å². The van der Waals surface area contributed by atoms with Gasteiger partial charge in [-0.15, -0.1) is 0 Å². The van der Waals surface area contributed by atoms with Crippen LogP contribution < -0.4 is 0 Å². The summed E-state index contributed by atoms with van der Waals surface area (Å²) >= 11 is 2.23. The average Bonchev–Trinajstić information content (AvgIpc) is 3.16. The van der Waals surface area contributed by atoms with E-state index < -0.39 is 0 Å². The third-order valence-corrected chi connectivity index (χ3v) is 4.06. The number of pyridine rings is 1. The lowest BCUT2D eigenvalue weighted by atomic mass is 10.2. The van der Waals surface area contributed by atoms with E-state index in [1.807, 2.05) is 22.7 Å². The van der Waals surface area contributed by atoms with E-state index in [1.165, 1.54) is 0 Å². The van der Waals surface area contributed by atoms with Gasteiger partial charge in [0.2, 0.25) is 5.82 Å². The number of halogens is 1. The first-order valence-corrected chi connectivity index (χ1v) is 7.56. The third-order valence-electron chi connectivity index (χ3n) is 3.26. The van der Waals surface area contributed by atoms with Gasteiger partial charge in [0, 0.05) is 6.20 Å². The van der Waals surface area contributed by atoms with Crippen LogP contribution in [0, 0.1) is 3.70 Å². The molecular weight excluding hydrogens is 387 g/mol. The fourth-order valence-corrected chi connectivity index (χ4v) is 2.79. The van der Waals surface area contributed by atoms with E-state index in [-0.39, 0.29) is 6.10 Å². The summed E-state index contributed by atoms with van der Waals surface area (Å²) in [6.45, 7) is 1.58. The van der Waals surface area contributed by atoms with Gasteiger partial charge in [0.1, 0.15) is 9.35 Å². The summed E-state index contributed by atoms with van der Waals surface area (Å²) in [4.78, 5) is 8.82. The molecule has 0 bridgehead atoms. The van der Waals surface area contributed by atoms with Gasteiger partial charge in [-0.05, 0) is 34.7 Å². The van der Waals surface area contributed by atoms with Crippen LogP contribution in [0.25, 0.3) is 17.0 Å². The zero-order chi connectivity index (χ0) is 14.2. The zero-order valence-corrected chi connectivity index (χ0v) is 13.1. The van der Waals surface area contributed by atoms with Crippen molar-refractivity contribution in [3.8, 4) is 11.4 Å². The summed E-state index contributed by atoms with van der Waals surface area (Å²) in [6.07, 6.45) is 3.46. The van der Waals surface area contributed by atoms with Gasteiger partial charge in [-0.2, -0.15) is 4.98 Å². The van der Waals surface area contributed by atoms with E-state index in [1.54, 1.807) is 6.20 Å². The third kappa shape index (κ3) is 2.32. The Morgan fingerprint density at radius 3 is 3.14 bits per heavy atom. The molecule has 1 fully saturated rings. The van der Waals surface area contributed by atoms with Crippen LogP contribution in [0.5, 0.6) is 0 Å². The van der Waals surface area contributed by atoms with Crippen molar-refractivity contribution in [2.24, 2.45) is 0 Å². The van der Waals surface area contributed by atoms with Crippen molar-refractivity contribution in [3.63, 3.8) is 0 Å². The second kappa shape index (κ2) is 5.35. The number of aromatic nitrogens is 4. The summed E-state index contributed by atoms with van der Waals surface area (Å²) in [7, 11) is 0. The molecule has 0 amide bonds. The highest BCUT2D eigenvalue weighted by molar-refractivity contribution is 14.1. The minimum absolute atomic E-state index is 0.292. The minimum atomic E-state index is -0.292. The molecule has 4 heterocycles. The SMILES string of the molecule is Ic1cnc2c(-c3noc([C@H]4COCCO4)n3)cccn12. The molecule has 1 aliphatic rings. The maximum absolute atomic E-state index is 5.56. The van der Waals surface area contributed by atoms with E-state index in [0.717, 1.165) is 14.9 Å². The highest BCUT2D eigenvalue weighted by Crippen LogP contribution is 2.25. The molecule has 0 aliphatic carbocycles. The van der Waals surface area contributed by atoms with E-state index in [4.69, 9.17) is 14.0 Å². The quantitative estimate of drug-likeness (QED) is 0.616. The molecule has 8 heteroatoms. The van der Waals surface area contributed by atoms with Crippen molar-refractivity contribution in [3.05, 3.63) is 34.1 Å². The average molecular weight is 398 g/mol. The van der Waals surface area contributed by atoms with Crippen molar-refractivity contribution in [2.75, 3.05) is 19.8 Å². The van der Waals surface area contributed by atoms with Crippen LogP contribution in [0.1, 0.15) is 12.0 Å². The van der Waals surface area contributed by atoms with Gasteiger partial charge in [-0.3, -0.25) is 4.40 Å². The van der Waals surface area contributed by atoms with Gasteiger partial charge in [0.15, 0.2) is 6.10 Å². The first kappa shape index (κ1) is 13.2. The van der Waals surface area contributed by atoms with E-state index in [2.05, 4.69) is 37.7 Å². The molecule has 4 rings (SSSR count). The Balaban J connectivity index is 1.74. The van der Waals surface area contributed by atoms with Gasteiger partial charge < -0.3 is 14.0 Å². The molecular formula is C13H11IN4O3. The first-order valence-electron chi connectivity index (χ1n) is 6.48. The predicted molar refractivity (Wildman–Crippen MR) is 80.7 cm³/mol. The Hall–Kier alpha value is -1.52. The summed E-state index contributed by atoms with van der Waals surface area (Å²) < 4.78 is 19.2. The smallest absolute Gasteiger partial charge is 0.258 e. The van der Waals surface area contributed by atoms with Crippen LogP contribution in [0.2, 0.25) is 0 Å². The van der Waals surface area contributed by atoms with Crippen LogP contribution in [0.3, 0.4) is 0 Å². The number of nitrogens with zero attached hydrogens (tertiary/aromatic N) is 4. The molecule has 3 aromatic heterocycles. The monoisotopic (exact) mass is 398 g/mol. The Morgan fingerprint density at radius 1 is 1.33 bits per heavy atom. The highest BCUT2D eigenvalue weighted by Gasteiger charge is 2.24. The molecule has 0 N–H and O–H groups in total. The van der Waals surface area contributed by atoms with Crippen molar-refractivity contribution < 1.29 is 14.0 Å². The van der Waals surface area contributed by atoms with Crippen molar-refractivity contribution >= 4 is 28.2 Å². The summed E-state index contributed by atoms with van der Waals surface area (Å²) in [5, 5.41) is 4.04. The number of rotatable bonds is 2. The van der Waals surface area contributed by atoms with Gasteiger partial charge >= 0.3 is 0 Å². The molecule has 0 unspecified atom stereocenters. The molecule has 1 aliphatic heterocycles. The fraction of sp³-hybridized carbons (Fsp3) is 0.308. The normalized spacial score (nSPS) is 19.2. The molecule has 7 nitrogen and oxygen atoms in total. The lowest BCUT2D eigenvalue weighted by Crippen LogP contribution is -2.22. The van der Waals surface area contributed by atoms with Crippen LogP contribution in [-0.4, -0.2) is 39.3 Å². The second-order valence-corrected chi connectivity index (χ2v) is 5.69. The summed E-state index contributed by atoms with van der Waals surface area (Å²) in [6, 6.07) is 3.85. The number of hydrogen-bond acceptors (Lipinski definition) is 6. The van der Waals surface area contributed by atoms with E-state index >= 15 is 0 Å².